The Morgan fingerprint density at radius 2 is 2.31 bits per heavy atom. The minimum atomic E-state index is -2.95. The Morgan fingerprint density at radius 1 is 1.69 bits per heavy atom. The van der Waals surface area contributed by atoms with Crippen LogP contribution in [0.1, 0.15) is 23.2 Å². The monoisotopic (exact) mass is 227 g/mol. The summed E-state index contributed by atoms with van der Waals surface area (Å²) in [5.74, 6) is -0.875. The Labute approximate surface area is 89.5 Å². The van der Waals surface area contributed by atoms with Crippen LogP contribution in [0.15, 0.2) is 6.07 Å². The zero-order valence-electron chi connectivity index (χ0n) is 8.28. The number of aromatic nitrogens is 1. The van der Waals surface area contributed by atoms with Crippen LogP contribution in [0.2, 0.25) is 0 Å². The van der Waals surface area contributed by atoms with E-state index >= 15 is 0 Å². The van der Waals surface area contributed by atoms with E-state index in [0.717, 1.165) is 0 Å². The molecule has 0 spiro atoms. The summed E-state index contributed by atoms with van der Waals surface area (Å²) in [7, 11) is 0. The van der Waals surface area contributed by atoms with Crippen LogP contribution in [0.4, 0.5) is 14.6 Å². The highest BCUT2D eigenvalue weighted by Gasteiger charge is 2.27. The second-order valence-corrected chi connectivity index (χ2v) is 3.06. The summed E-state index contributed by atoms with van der Waals surface area (Å²) in [6.45, 7) is 1.33. The van der Waals surface area contributed by atoms with Crippen molar-refractivity contribution in [3.8, 4) is 6.07 Å². The fourth-order valence-electron chi connectivity index (χ4n) is 1.31. The van der Waals surface area contributed by atoms with Crippen LogP contribution in [-0.4, -0.2) is 9.91 Å². The molecule has 0 fully saturated rings. The number of nitrogens with zero attached hydrogens (tertiary/aromatic N) is 3. The van der Waals surface area contributed by atoms with Crippen molar-refractivity contribution < 1.29 is 13.7 Å². The maximum atomic E-state index is 12.6. The van der Waals surface area contributed by atoms with Crippen LogP contribution >= 0.6 is 0 Å². The molecule has 0 saturated heterocycles. The van der Waals surface area contributed by atoms with Crippen LogP contribution in [0.5, 0.6) is 0 Å². The van der Waals surface area contributed by atoms with E-state index < -0.39 is 22.7 Å². The van der Waals surface area contributed by atoms with E-state index in [1.807, 2.05) is 0 Å². The first-order valence-corrected chi connectivity index (χ1v) is 4.27. The SMILES string of the molecule is Cc1cc(CC#N)nc([N+](=O)[O-])c1C(F)F. The minimum Gasteiger partial charge on any atom is -0.358 e. The van der Waals surface area contributed by atoms with Crippen molar-refractivity contribution in [3.63, 3.8) is 0 Å². The lowest BCUT2D eigenvalue weighted by Crippen LogP contribution is -2.04. The molecule has 1 rings (SSSR count). The van der Waals surface area contributed by atoms with Gasteiger partial charge in [-0.1, -0.05) is 0 Å². The molecule has 0 saturated carbocycles. The largest absolute Gasteiger partial charge is 0.372 e. The van der Waals surface area contributed by atoms with Crippen molar-refractivity contribution in [1.29, 1.82) is 5.26 Å². The van der Waals surface area contributed by atoms with Gasteiger partial charge in [-0.3, -0.25) is 0 Å². The van der Waals surface area contributed by atoms with E-state index in [9.17, 15) is 18.9 Å². The summed E-state index contributed by atoms with van der Waals surface area (Å²) in [6.07, 6.45) is -3.10. The molecule has 16 heavy (non-hydrogen) atoms. The third-order valence-electron chi connectivity index (χ3n) is 1.95. The quantitative estimate of drug-likeness (QED) is 0.586. The van der Waals surface area contributed by atoms with Crippen molar-refractivity contribution in [2.24, 2.45) is 0 Å². The first-order valence-electron chi connectivity index (χ1n) is 4.27. The standard InChI is InChI=1S/C9H7F2N3O2/c1-5-4-6(2-3-12)13-9(14(15)16)7(5)8(10)11/h4,8H,2H2,1H3. The maximum Gasteiger partial charge on any atom is 0.372 e. The number of rotatable bonds is 3. The van der Waals surface area contributed by atoms with Gasteiger partial charge in [-0.15, -0.1) is 0 Å². The van der Waals surface area contributed by atoms with E-state index in [1.54, 1.807) is 6.07 Å². The molecule has 0 amide bonds. The summed E-state index contributed by atoms with van der Waals surface area (Å²) < 4.78 is 25.1. The lowest BCUT2D eigenvalue weighted by Gasteiger charge is -2.05. The molecule has 1 aromatic rings. The van der Waals surface area contributed by atoms with Crippen molar-refractivity contribution in [2.45, 2.75) is 19.8 Å². The number of aryl methyl sites for hydroxylation is 1. The molecule has 0 aromatic carbocycles. The van der Waals surface area contributed by atoms with Crippen molar-refractivity contribution >= 4 is 5.82 Å². The topological polar surface area (TPSA) is 79.8 Å². The molecular formula is C9H7F2N3O2. The lowest BCUT2D eigenvalue weighted by atomic mass is 10.1. The molecule has 0 aliphatic carbocycles. The zero-order chi connectivity index (χ0) is 12.3. The highest BCUT2D eigenvalue weighted by atomic mass is 19.3. The van der Waals surface area contributed by atoms with Gasteiger partial charge in [0.25, 0.3) is 6.43 Å². The van der Waals surface area contributed by atoms with E-state index in [4.69, 9.17) is 5.26 Å². The highest BCUT2D eigenvalue weighted by Crippen LogP contribution is 2.30. The maximum absolute atomic E-state index is 12.6. The molecule has 0 atom stereocenters. The summed E-state index contributed by atoms with van der Waals surface area (Å²) in [4.78, 5) is 13.0. The third-order valence-corrected chi connectivity index (χ3v) is 1.95. The molecule has 1 heterocycles. The van der Waals surface area contributed by atoms with Gasteiger partial charge in [-0.05, 0) is 28.5 Å². The van der Waals surface area contributed by atoms with Gasteiger partial charge >= 0.3 is 5.82 Å². The summed E-state index contributed by atoms with van der Waals surface area (Å²) in [5.41, 5.74) is -0.496. The molecule has 0 unspecified atom stereocenters. The lowest BCUT2D eigenvalue weighted by molar-refractivity contribution is -0.391. The van der Waals surface area contributed by atoms with Gasteiger partial charge in [0.1, 0.15) is 12.0 Å². The Balaban J connectivity index is 3.40. The van der Waals surface area contributed by atoms with Crippen LogP contribution in [-0.2, 0) is 6.42 Å². The van der Waals surface area contributed by atoms with Crippen molar-refractivity contribution in [3.05, 3.63) is 33.0 Å². The number of nitriles is 1. The molecule has 0 aliphatic heterocycles. The van der Waals surface area contributed by atoms with Gasteiger partial charge in [0.15, 0.2) is 5.69 Å². The molecule has 0 bridgehead atoms. The summed E-state index contributed by atoms with van der Waals surface area (Å²) in [5, 5.41) is 19.0. The Hall–Kier alpha value is -2.10. The average Bonchev–Trinajstić information content (AvgIpc) is 2.16. The predicted molar refractivity (Wildman–Crippen MR) is 49.9 cm³/mol. The molecule has 84 valence electrons. The zero-order valence-corrected chi connectivity index (χ0v) is 8.28. The van der Waals surface area contributed by atoms with E-state index in [0.29, 0.717) is 0 Å². The fourth-order valence-corrected chi connectivity index (χ4v) is 1.31. The first-order chi connectivity index (χ1) is 7.47. The number of alkyl halides is 2. The highest BCUT2D eigenvalue weighted by molar-refractivity contribution is 5.42. The summed E-state index contributed by atoms with van der Waals surface area (Å²) in [6, 6.07) is 3.02. The Bertz CT molecular complexity index is 469. The van der Waals surface area contributed by atoms with Crippen LogP contribution in [0, 0.1) is 28.4 Å². The van der Waals surface area contributed by atoms with Gasteiger partial charge in [0.05, 0.1) is 6.07 Å². The van der Waals surface area contributed by atoms with Crippen LogP contribution in [0.3, 0.4) is 0 Å². The molecule has 0 aliphatic rings. The van der Waals surface area contributed by atoms with Crippen LogP contribution in [0.25, 0.3) is 0 Å². The molecule has 5 nitrogen and oxygen atoms in total. The minimum absolute atomic E-state index is 0.0713. The van der Waals surface area contributed by atoms with Gasteiger partial charge < -0.3 is 10.1 Å². The first kappa shape index (κ1) is 12.0. The Morgan fingerprint density at radius 3 is 2.75 bits per heavy atom. The molecule has 0 radical (unpaired) electrons. The smallest absolute Gasteiger partial charge is 0.358 e. The van der Waals surface area contributed by atoms with E-state index in [2.05, 4.69) is 4.98 Å². The number of hydrogen-bond donors (Lipinski definition) is 0. The van der Waals surface area contributed by atoms with Gasteiger partial charge in [-0.25, -0.2) is 8.78 Å². The normalized spacial score (nSPS) is 10.2. The van der Waals surface area contributed by atoms with Crippen molar-refractivity contribution in [1.82, 2.24) is 4.98 Å². The number of pyridine rings is 1. The summed E-state index contributed by atoms with van der Waals surface area (Å²) >= 11 is 0. The predicted octanol–water partition coefficient (Wildman–Crippen LogP) is 2.30. The number of nitro groups is 1. The number of halogens is 2. The van der Waals surface area contributed by atoms with E-state index in [1.165, 1.54) is 13.0 Å². The molecule has 0 N–H and O–H groups in total. The second-order valence-electron chi connectivity index (χ2n) is 3.06. The third kappa shape index (κ3) is 2.28. The second kappa shape index (κ2) is 4.61. The number of hydrogen-bond acceptors (Lipinski definition) is 4. The average molecular weight is 227 g/mol. The van der Waals surface area contributed by atoms with Crippen molar-refractivity contribution in [2.75, 3.05) is 0 Å². The van der Waals surface area contributed by atoms with Crippen LogP contribution < -0.4 is 0 Å². The fraction of sp³-hybridized carbons (Fsp3) is 0.333. The van der Waals surface area contributed by atoms with Gasteiger partial charge in [0.2, 0.25) is 0 Å². The van der Waals surface area contributed by atoms with Gasteiger partial charge in [0, 0.05) is 0 Å². The van der Waals surface area contributed by atoms with E-state index in [-0.39, 0.29) is 17.7 Å². The van der Waals surface area contributed by atoms with Gasteiger partial charge in [-0.2, -0.15) is 5.26 Å². The molecule has 1 aromatic heterocycles. The molecule has 7 heteroatoms. The Kier molecular flexibility index (Phi) is 3.45. The molecular weight excluding hydrogens is 220 g/mol.